The molecule has 0 radical (unpaired) electrons. The van der Waals surface area contributed by atoms with Crippen molar-refractivity contribution in [2.24, 2.45) is 0 Å². The normalized spacial score (nSPS) is 10.5. The van der Waals surface area contributed by atoms with E-state index in [9.17, 15) is 9.90 Å². The van der Waals surface area contributed by atoms with E-state index in [1.807, 2.05) is 0 Å². The molecule has 1 atom stereocenters. The molecule has 13 heavy (non-hydrogen) atoms. The van der Waals surface area contributed by atoms with Crippen LogP contribution < -0.4 is 34.7 Å². The minimum absolute atomic E-state index is 0. The van der Waals surface area contributed by atoms with Crippen molar-refractivity contribution in [2.45, 2.75) is 6.10 Å². The van der Waals surface area contributed by atoms with Gasteiger partial charge in [0, 0.05) is 0 Å². The molecule has 0 saturated heterocycles. The van der Waals surface area contributed by atoms with Crippen molar-refractivity contribution in [2.75, 3.05) is 0 Å². The SMILES string of the molecule is O=C([O-])C(O)c1ccccc1.[Na+].[NaH]. The molecule has 0 aliphatic heterocycles. The third-order valence-corrected chi connectivity index (χ3v) is 1.34. The van der Waals surface area contributed by atoms with Gasteiger partial charge in [-0.15, -0.1) is 0 Å². The zero-order valence-electron chi connectivity index (χ0n) is 6.73. The van der Waals surface area contributed by atoms with E-state index in [2.05, 4.69) is 0 Å². The fourth-order valence-electron chi connectivity index (χ4n) is 0.771. The summed E-state index contributed by atoms with van der Waals surface area (Å²) in [6, 6.07) is 8.11. The van der Waals surface area contributed by atoms with E-state index in [0.29, 0.717) is 5.56 Å². The van der Waals surface area contributed by atoms with Crippen LogP contribution in [-0.4, -0.2) is 40.6 Å². The molecule has 5 heteroatoms. The molecule has 1 N–H and O–H groups in total. The van der Waals surface area contributed by atoms with Crippen LogP contribution in [0.1, 0.15) is 11.7 Å². The van der Waals surface area contributed by atoms with Gasteiger partial charge in [0.1, 0.15) is 6.10 Å². The molecule has 1 rings (SSSR count). The second-order valence-corrected chi connectivity index (χ2v) is 2.13. The van der Waals surface area contributed by atoms with E-state index in [0.717, 1.165) is 0 Å². The minimum atomic E-state index is -1.52. The van der Waals surface area contributed by atoms with Crippen molar-refractivity contribution < 1.29 is 44.6 Å². The van der Waals surface area contributed by atoms with Gasteiger partial charge in [0.25, 0.3) is 0 Å². The summed E-state index contributed by atoms with van der Waals surface area (Å²) in [5.41, 5.74) is 0.340. The quantitative estimate of drug-likeness (QED) is 0.490. The van der Waals surface area contributed by atoms with Crippen LogP contribution in [0.2, 0.25) is 0 Å². The topological polar surface area (TPSA) is 60.4 Å². The second-order valence-electron chi connectivity index (χ2n) is 2.13. The van der Waals surface area contributed by atoms with Crippen molar-refractivity contribution >= 4 is 35.5 Å². The van der Waals surface area contributed by atoms with Crippen molar-refractivity contribution in [3.8, 4) is 0 Å². The molecule has 3 nitrogen and oxygen atoms in total. The second kappa shape index (κ2) is 8.00. The summed E-state index contributed by atoms with van der Waals surface area (Å²) in [5, 5.41) is 19.1. The molecule has 0 saturated carbocycles. The molecular formula is C8H8Na2O3. The van der Waals surface area contributed by atoms with Gasteiger partial charge >= 0.3 is 59.1 Å². The van der Waals surface area contributed by atoms with E-state index in [-0.39, 0.29) is 59.1 Å². The van der Waals surface area contributed by atoms with Gasteiger partial charge in [0.2, 0.25) is 0 Å². The van der Waals surface area contributed by atoms with Crippen LogP contribution in [0.4, 0.5) is 0 Å². The van der Waals surface area contributed by atoms with Crippen molar-refractivity contribution in [3.63, 3.8) is 0 Å². The Morgan fingerprint density at radius 2 is 1.77 bits per heavy atom. The molecule has 1 aromatic rings. The fraction of sp³-hybridized carbons (Fsp3) is 0.125. The number of aliphatic hydroxyl groups excluding tert-OH is 1. The summed E-state index contributed by atoms with van der Waals surface area (Å²) in [4.78, 5) is 10.1. The Morgan fingerprint density at radius 3 is 2.15 bits per heavy atom. The number of benzene rings is 1. The van der Waals surface area contributed by atoms with Crippen LogP contribution in [0.3, 0.4) is 0 Å². The first kappa shape index (κ1) is 16.1. The first-order valence-electron chi connectivity index (χ1n) is 3.15. The third-order valence-electron chi connectivity index (χ3n) is 1.34. The predicted octanol–water partition coefficient (Wildman–Crippen LogP) is -4.17. The van der Waals surface area contributed by atoms with Crippen LogP contribution in [0.15, 0.2) is 30.3 Å². The summed E-state index contributed by atoms with van der Waals surface area (Å²) in [6.07, 6.45) is -1.52. The van der Waals surface area contributed by atoms with E-state index >= 15 is 0 Å². The Balaban J connectivity index is 0. The Kier molecular flexibility index (Phi) is 9.90. The molecule has 0 fully saturated rings. The summed E-state index contributed by atoms with van der Waals surface area (Å²) in [7, 11) is 0. The molecular weight excluding hydrogens is 190 g/mol. The Bertz CT molecular complexity index is 251. The molecule has 0 aliphatic rings. The fourth-order valence-corrected chi connectivity index (χ4v) is 0.771. The number of carbonyl (C=O) groups is 1. The van der Waals surface area contributed by atoms with Gasteiger partial charge in [-0.1, -0.05) is 30.3 Å². The van der Waals surface area contributed by atoms with Crippen molar-refractivity contribution in [1.82, 2.24) is 0 Å². The van der Waals surface area contributed by atoms with Crippen molar-refractivity contribution in [1.29, 1.82) is 0 Å². The molecule has 1 unspecified atom stereocenters. The first-order valence-corrected chi connectivity index (χ1v) is 3.15. The van der Waals surface area contributed by atoms with Crippen molar-refractivity contribution in [3.05, 3.63) is 35.9 Å². The molecule has 0 aromatic heterocycles. The average Bonchev–Trinajstić information content (AvgIpc) is 2.05. The third kappa shape index (κ3) is 5.18. The van der Waals surface area contributed by atoms with Gasteiger partial charge in [-0.25, -0.2) is 0 Å². The van der Waals surface area contributed by atoms with E-state index < -0.39 is 12.1 Å². The Labute approximate surface area is 121 Å². The standard InChI is InChI=1S/C8H8O3.2Na.H/c9-7(8(10)11)6-4-2-1-3-5-6;;;/h1-5,7,9H,(H,10,11);;;/q;;+1;/p-1. The maximum absolute atomic E-state index is 10.1. The molecule has 1 aromatic carbocycles. The average molecular weight is 198 g/mol. The first-order chi connectivity index (χ1) is 5.22. The van der Waals surface area contributed by atoms with Crippen LogP contribution in [0.25, 0.3) is 0 Å². The van der Waals surface area contributed by atoms with Gasteiger partial charge in [-0.2, -0.15) is 0 Å². The molecule has 0 amide bonds. The van der Waals surface area contributed by atoms with Gasteiger partial charge < -0.3 is 15.0 Å². The number of carboxylic acid groups (broad SMARTS) is 1. The Hall–Kier alpha value is 0.650. The van der Waals surface area contributed by atoms with Crippen LogP contribution in [-0.2, 0) is 4.79 Å². The molecule has 0 heterocycles. The number of rotatable bonds is 2. The maximum atomic E-state index is 10.1. The summed E-state index contributed by atoms with van der Waals surface area (Å²) in [6.45, 7) is 0. The molecule has 0 aliphatic carbocycles. The number of carbonyl (C=O) groups excluding carboxylic acids is 1. The molecule has 0 bridgehead atoms. The summed E-state index contributed by atoms with van der Waals surface area (Å²) >= 11 is 0. The Morgan fingerprint density at radius 1 is 1.31 bits per heavy atom. The van der Waals surface area contributed by atoms with Crippen LogP contribution in [0, 0.1) is 0 Å². The van der Waals surface area contributed by atoms with E-state index in [1.165, 1.54) is 12.1 Å². The van der Waals surface area contributed by atoms with Gasteiger partial charge in [-0.3, -0.25) is 0 Å². The van der Waals surface area contributed by atoms with Crippen LogP contribution in [0.5, 0.6) is 0 Å². The zero-order valence-corrected chi connectivity index (χ0v) is 8.73. The van der Waals surface area contributed by atoms with E-state index in [1.54, 1.807) is 18.2 Å². The molecule has 0 spiro atoms. The zero-order chi connectivity index (χ0) is 8.27. The summed E-state index contributed by atoms with van der Waals surface area (Å²) in [5.74, 6) is -1.48. The van der Waals surface area contributed by atoms with Gasteiger partial charge in [0.15, 0.2) is 0 Å². The molecule has 60 valence electrons. The summed E-state index contributed by atoms with van der Waals surface area (Å²) < 4.78 is 0. The van der Waals surface area contributed by atoms with Crippen LogP contribution >= 0.6 is 0 Å². The predicted molar refractivity (Wildman–Crippen MR) is 43.6 cm³/mol. The van der Waals surface area contributed by atoms with Gasteiger partial charge in [0.05, 0.1) is 5.97 Å². The van der Waals surface area contributed by atoms with E-state index in [4.69, 9.17) is 5.11 Å². The monoisotopic (exact) mass is 198 g/mol. The number of hydrogen-bond acceptors (Lipinski definition) is 3. The number of aliphatic hydroxyl groups is 1. The number of hydrogen-bond donors (Lipinski definition) is 1. The number of aliphatic carboxylic acids is 1. The number of carboxylic acids is 1. The van der Waals surface area contributed by atoms with Gasteiger partial charge in [-0.05, 0) is 5.56 Å².